The number of amides is 1. The Labute approximate surface area is 225 Å². The van der Waals surface area contributed by atoms with E-state index in [9.17, 15) is 13.2 Å². The van der Waals surface area contributed by atoms with Crippen LogP contribution in [0.2, 0.25) is 0 Å². The molecule has 10 heteroatoms. The summed E-state index contributed by atoms with van der Waals surface area (Å²) in [6, 6.07) is 15.2. The van der Waals surface area contributed by atoms with Crippen molar-refractivity contribution in [3.05, 3.63) is 83.4 Å². The van der Waals surface area contributed by atoms with Gasteiger partial charge < -0.3 is 4.74 Å². The van der Waals surface area contributed by atoms with E-state index in [0.717, 1.165) is 28.1 Å². The molecule has 0 N–H and O–H groups in total. The van der Waals surface area contributed by atoms with Gasteiger partial charge in [0.25, 0.3) is 5.91 Å². The molecule has 190 valence electrons. The molecular weight excluding hydrogens is 527 g/mol. The highest BCUT2D eigenvalue weighted by Gasteiger charge is 2.42. The smallest absolute Gasteiger partial charge is 0.266 e. The van der Waals surface area contributed by atoms with E-state index in [0.29, 0.717) is 27.9 Å². The topological polar surface area (TPSA) is 81.5 Å². The third-order valence-corrected chi connectivity index (χ3v) is 9.33. The van der Waals surface area contributed by atoms with Gasteiger partial charge in [0, 0.05) is 17.3 Å². The van der Waals surface area contributed by atoms with Crippen molar-refractivity contribution in [3.8, 4) is 22.7 Å². The average Bonchev–Trinajstić information content (AvgIpc) is 3.54. The molecule has 2 aromatic carbocycles. The summed E-state index contributed by atoms with van der Waals surface area (Å²) in [5.41, 5.74) is 4.17. The molecule has 3 heterocycles. The Morgan fingerprint density at radius 3 is 2.70 bits per heavy atom. The second-order valence-electron chi connectivity index (χ2n) is 8.90. The number of aryl methyl sites for hydroxylation is 1. The number of thiocarbonyl (C=S) groups is 1. The minimum atomic E-state index is -3.15. The van der Waals surface area contributed by atoms with Crippen molar-refractivity contribution >= 4 is 50.1 Å². The van der Waals surface area contributed by atoms with Crippen LogP contribution < -0.4 is 4.74 Å². The summed E-state index contributed by atoms with van der Waals surface area (Å²) in [7, 11) is -3.15. The van der Waals surface area contributed by atoms with E-state index in [1.165, 1.54) is 16.7 Å². The first-order valence-corrected chi connectivity index (χ1v) is 14.8. The lowest BCUT2D eigenvalue weighted by Crippen LogP contribution is -2.39. The maximum absolute atomic E-state index is 13.3. The number of carbonyl (C=O) groups is 1. The van der Waals surface area contributed by atoms with Crippen LogP contribution in [0.25, 0.3) is 23.0 Å². The van der Waals surface area contributed by atoms with Crippen LogP contribution in [0.4, 0.5) is 0 Å². The normalized spacial score (nSPS) is 20.1. The molecule has 1 atom stereocenters. The molecule has 0 unspecified atom stereocenters. The number of rotatable bonds is 7. The van der Waals surface area contributed by atoms with Gasteiger partial charge in [-0.15, -0.1) is 0 Å². The van der Waals surface area contributed by atoms with Gasteiger partial charge in [-0.25, -0.2) is 13.1 Å². The highest BCUT2D eigenvalue weighted by atomic mass is 32.2. The molecule has 0 bridgehead atoms. The number of hydrogen-bond acceptors (Lipinski definition) is 7. The lowest BCUT2D eigenvalue weighted by Gasteiger charge is -2.20. The quantitative estimate of drug-likeness (QED) is 0.237. The van der Waals surface area contributed by atoms with Crippen molar-refractivity contribution in [1.29, 1.82) is 0 Å². The molecule has 1 amide bonds. The van der Waals surface area contributed by atoms with Crippen LogP contribution in [0, 0.1) is 6.92 Å². The molecule has 1 aromatic heterocycles. The van der Waals surface area contributed by atoms with Gasteiger partial charge >= 0.3 is 0 Å². The van der Waals surface area contributed by atoms with Gasteiger partial charge in [-0.05, 0) is 55.3 Å². The number of para-hydroxylation sites is 1. The van der Waals surface area contributed by atoms with Crippen molar-refractivity contribution in [2.75, 3.05) is 18.1 Å². The van der Waals surface area contributed by atoms with E-state index in [2.05, 4.69) is 6.58 Å². The van der Waals surface area contributed by atoms with Gasteiger partial charge in [-0.3, -0.25) is 9.69 Å². The van der Waals surface area contributed by atoms with Gasteiger partial charge in [0.15, 0.2) is 9.84 Å². The zero-order valence-corrected chi connectivity index (χ0v) is 22.6. The number of carbonyl (C=O) groups excluding carboxylic acids is 1. The van der Waals surface area contributed by atoms with E-state index in [-0.39, 0.29) is 17.4 Å². The van der Waals surface area contributed by atoms with E-state index < -0.39 is 15.9 Å². The standard InChI is InChI=1S/C27H25N3O4S3/c1-3-12-34-23-10-9-19(14-18(23)2)25-20(16-29(28-25)21-7-5-4-6-8-21)15-24-26(31)30(27(35)36-24)22-11-13-37(32,33)17-22/h3-10,14-16,22H,1,11-13,17H2,2H3/b24-15-/t22-/m1/s1. The summed E-state index contributed by atoms with van der Waals surface area (Å²) >= 11 is 6.68. The van der Waals surface area contributed by atoms with Crippen molar-refractivity contribution in [2.24, 2.45) is 0 Å². The second kappa shape index (κ2) is 10.3. The molecule has 2 aliphatic rings. The largest absolute Gasteiger partial charge is 0.489 e. The predicted octanol–water partition coefficient (Wildman–Crippen LogP) is 4.80. The zero-order valence-electron chi connectivity index (χ0n) is 20.2. The monoisotopic (exact) mass is 551 g/mol. The van der Waals surface area contributed by atoms with Crippen LogP contribution in [-0.4, -0.2) is 57.5 Å². The maximum Gasteiger partial charge on any atom is 0.266 e. The number of hydrogen-bond donors (Lipinski definition) is 0. The number of benzene rings is 2. The van der Waals surface area contributed by atoms with Gasteiger partial charge in [0.1, 0.15) is 22.4 Å². The molecule has 0 radical (unpaired) electrons. The Morgan fingerprint density at radius 1 is 1.24 bits per heavy atom. The Hall–Kier alpha value is -3.21. The summed E-state index contributed by atoms with van der Waals surface area (Å²) in [4.78, 5) is 15.3. The number of nitrogens with zero attached hydrogens (tertiary/aromatic N) is 3. The third-order valence-electron chi connectivity index (χ3n) is 6.25. The van der Waals surface area contributed by atoms with Crippen LogP contribution in [0.15, 0.2) is 72.3 Å². The summed E-state index contributed by atoms with van der Waals surface area (Å²) in [6.45, 7) is 6.08. The molecule has 0 saturated carbocycles. The number of aromatic nitrogens is 2. The maximum atomic E-state index is 13.3. The predicted molar refractivity (Wildman–Crippen MR) is 151 cm³/mol. The fourth-order valence-corrected chi connectivity index (χ4v) is 7.54. The molecule has 2 fully saturated rings. The third kappa shape index (κ3) is 5.27. The molecule has 3 aromatic rings. The minimum Gasteiger partial charge on any atom is -0.489 e. The molecule has 2 saturated heterocycles. The number of ether oxygens (including phenoxy) is 1. The van der Waals surface area contributed by atoms with Crippen LogP contribution in [0.3, 0.4) is 0 Å². The van der Waals surface area contributed by atoms with Crippen molar-refractivity contribution in [2.45, 2.75) is 19.4 Å². The first-order valence-electron chi connectivity index (χ1n) is 11.7. The zero-order chi connectivity index (χ0) is 26.2. The highest BCUT2D eigenvalue weighted by molar-refractivity contribution is 8.26. The van der Waals surface area contributed by atoms with Gasteiger partial charge in [-0.2, -0.15) is 5.10 Å². The van der Waals surface area contributed by atoms with Gasteiger partial charge in [-0.1, -0.05) is 54.8 Å². The Balaban J connectivity index is 1.54. The first kappa shape index (κ1) is 25.4. The molecule has 37 heavy (non-hydrogen) atoms. The van der Waals surface area contributed by atoms with Gasteiger partial charge in [0.2, 0.25) is 0 Å². The van der Waals surface area contributed by atoms with Crippen LogP contribution in [0.5, 0.6) is 5.75 Å². The molecular formula is C27H25N3O4S3. The number of sulfone groups is 1. The number of thioether (sulfide) groups is 1. The molecule has 0 spiro atoms. The highest BCUT2D eigenvalue weighted by Crippen LogP contribution is 2.38. The molecule has 0 aliphatic carbocycles. The Morgan fingerprint density at radius 2 is 2.03 bits per heavy atom. The van der Waals surface area contributed by atoms with Crippen molar-refractivity contribution < 1.29 is 17.9 Å². The van der Waals surface area contributed by atoms with Gasteiger partial charge in [0.05, 0.1) is 28.1 Å². The van der Waals surface area contributed by atoms with Crippen LogP contribution in [-0.2, 0) is 14.6 Å². The molecule has 5 rings (SSSR count). The van der Waals surface area contributed by atoms with Crippen LogP contribution in [0.1, 0.15) is 17.5 Å². The summed E-state index contributed by atoms with van der Waals surface area (Å²) in [5, 5.41) is 4.85. The van der Waals surface area contributed by atoms with Crippen LogP contribution >= 0.6 is 24.0 Å². The summed E-state index contributed by atoms with van der Waals surface area (Å²) < 4.78 is 31.9. The lowest BCUT2D eigenvalue weighted by atomic mass is 10.0. The Kier molecular flexibility index (Phi) is 7.06. The van der Waals surface area contributed by atoms with Crippen molar-refractivity contribution in [1.82, 2.24) is 14.7 Å². The summed E-state index contributed by atoms with van der Waals surface area (Å²) in [6.07, 6.45) is 5.78. The van der Waals surface area contributed by atoms with E-state index >= 15 is 0 Å². The summed E-state index contributed by atoms with van der Waals surface area (Å²) in [5.74, 6) is 0.525. The fourth-order valence-electron chi connectivity index (χ4n) is 4.45. The van der Waals surface area contributed by atoms with E-state index in [1.807, 2.05) is 61.7 Å². The van der Waals surface area contributed by atoms with E-state index in [4.69, 9.17) is 22.1 Å². The fraction of sp³-hybridized carbons (Fsp3) is 0.222. The van der Waals surface area contributed by atoms with E-state index in [1.54, 1.807) is 16.8 Å². The first-order chi connectivity index (χ1) is 17.8. The lowest BCUT2D eigenvalue weighted by molar-refractivity contribution is -0.123. The van der Waals surface area contributed by atoms with Crippen molar-refractivity contribution in [3.63, 3.8) is 0 Å². The molecule has 7 nitrogen and oxygen atoms in total. The second-order valence-corrected chi connectivity index (χ2v) is 12.8. The Bertz CT molecular complexity index is 1530. The molecule has 2 aliphatic heterocycles. The SMILES string of the molecule is C=CCOc1ccc(-c2nn(-c3ccccc3)cc2/C=C2\SC(=S)N([C@@H]3CCS(=O)(=O)C3)C2=O)cc1C. The average molecular weight is 552 g/mol. The minimum absolute atomic E-state index is 0.0521.